The lowest BCUT2D eigenvalue weighted by atomic mass is 10.3. The Morgan fingerprint density at radius 2 is 2.07 bits per heavy atom. The second-order valence-corrected chi connectivity index (χ2v) is 3.78. The molecule has 0 saturated carbocycles. The van der Waals surface area contributed by atoms with E-state index in [-0.39, 0.29) is 0 Å². The number of piperazine rings is 1. The molecule has 0 amide bonds. The van der Waals surface area contributed by atoms with Crippen LogP contribution in [-0.4, -0.2) is 36.1 Å². The lowest BCUT2D eigenvalue weighted by molar-refractivity contribution is 0.211. The highest BCUT2D eigenvalue weighted by Gasteiger charge is 2.13. The van der Waals surface area contributed by atoms with Crippen molar-refractivity contribution in [1.29, 1.82) is 0 Å². The van der Waals surface area contributed by atoms with Crippen molar-refractivity contribution < 1.29 is 4.42 Å². The zero-order chi connectivity index (χ0) is 9.97. The number of hydrogen-bond acceptors (Lipinski definition) is 4. The largest absolute Gasteiger partial charge is 0.444 e. The Morgan fingerprint density at radius 1 is 1.36 bits per heavy atom. The molecule has 1 aliphatic heterocycles. The number of oxazole rings is 1. The molecule has 0 aromatic carbocycles. The molecule has 4 heteroatoms. The van der Waals surface area contributed by atoms with Gasteiger partial charge in [0.1, 0.15) is 5.76 Å². The Bertz CT molecular complexity index is 283. The van der Waals surface area contributed by atoms with Gasteiger partial charge in [0.05, 0.1) is 12.2 Å². The first-order chi connectivity index (χ1) is 6.75. The van der Waals surface area contributed by atoms with E-state index in [4.69, 9.17) is 4.42 Å². The zero-order valence-electron chi connectivity index (χ0n) is 8.84. The van der Waals surface area contributed by atoms with Crippen molar-refractivity contribution in [3.63, 3.8) is 0 Å². The normalized spacial score (nSPS) is 18.7. The molecule has 14 heavy (non-hydrogen) atoms. The molecule has 1 aromatic heterocycles. The van der Waals surface area contributed by atoms with Crippen LogP contribution < -0.4 is 5.32 Å². The van der Waals surface area contributed by atoms with Gasteiger partial charge in [-0.1, -0.05) is 0 Å². The van der Waals surface area contributed by atoms with Gasteiger partial charge in [0, 0.05) is 26.2 Å². The molecule has 2 heterocycles. The van der Waals surface area contributed by atoms with E-state index in [9.17, 15) is 0 Å². The maximum atomic E-state index is 5.54. The fraction of sp³-hybridized carbons (Fsp3) is 0.700. The van der Waals surface area contributed by atoms with E-state index in [1.165, 1.54) is 0 Å². The maximum Gasteiger partial charge on any atom is 0.208 e. The molecule has 1 N–H and O–H groups in total. The van der Waals surface area contributed by atoms with Gasteiger partial charge in [0.2, 0.25) is 5.89 Å². The van der Waals surface area contributed by atoms with Crippen LogP contribution in [0.1, 0.15) is 17.3 Å². The molecule has 2 rings (SSSR count). The number of hydrogen-bond donors (Lipinski definition) is 1. The van der Waals surface area contributed by atoms with E-state index in [0.717, 1.165) is 50.1 Å². The Labute approximate surface area is 84.3 Å². The molecule has 1 saturated heterocycles. The molecule has 0 atom stereocenters. The Hall–Kier alpha value is -0.870. The van der Waals surface area contributed by atoms with Gasteiger partial charge in [-0.2, -0.15) is 0 Å². The summed E-state index contributed by atoms with van der Waals surface area (Å²) in [6.07, 6.45) is 0. The second-order valence-electron chi connectivity index (χ2n) is 3.78. The topological polar surface area (TPSA) is 41.3 Å². The van der Waals surface area contributed by atoms with Crippen molar-refractivity contribution >= 4 is 0 Å². The summed E-state index contributed by atoms with van der Waals surface area (Å²) in [7, 11) is 0. The summed E-state index contributed by atoms with van der Waals surface area (Å²) in [4.78, 5) is 6.74. The highest BCUT2D eigenvalue weighted by atomic mass is 16.4. The number of nitrogens with zero attached hydrogens (tertiary/aromatic N) is 2. The zero-order valence-corrected chi connectivity index (χ0v) is 8.84. The highest BCUT2D eigenvalue weighted by molar-refractivity contribution is 5.05. The third kappa shape index (κ3) is 2.13. The van der Waals surface area contributed by atoms with E-state index in [0.29, 0.717) is 0 Å². The van der Waals surface area contributed by atoms with Gasteiger partial charge in [0.15, 0.2) is 0 Å². The molecule has 0 bridgehead atoms. The predicted octanol–water partition coefficient (Wildman–Crippen LogP) is 0.697. The summed E-state index contributed by atoms with van der Waals surface area (Å²) in [5, 5.41) is 3.32. The Morgan fingerprint density at radius 3 is 2.64 bits per heavy atom. The van der Waals surface area contributed by atoms with Crippen molar-refractivity contribution in [2.75, 3.05) is 26.2 Å². The van der Waals surface area contributed by atoms with Crippen LogP contribution in [0.25, 0.3) is 0 Å². The Balaban J connectivity index is 1.95. The standard InChI is InChI=1S/C10H17N3O/c1-8-9(2)14-10(12-8)7-13-5-3-11-4-6-13/h11H,3-7H2,1-2H3. The third-order valence-corrected chi connectivity index (χ3v) is 2.64. The Kier molecular flexibility index (Phi) is 2.84. The molecule has 0 aliphatic carbocycles. The second kappa shape index (κ2) is 4.11. The summed E-state index contributed by atoms with van der Waals surface area (Å²) in [6.45, 7) is 9.10. The van der Waals surface area contributed by atoms with Gasteiger partial charge in [-0.05, 0) is 13.8 Å². The monoisotopic (exact) mass is 195 g/mol. The SMILES string of the molecule is Cc1nc(CN2CCNCC2)oc1C. The fourth-order valence-corrected chi connectivity index (χ4v) is 1.67. The molecule has 0 radical (unpaired) electrons. The number of aryl methyl sites for hydroxylation is 2. The lowest BCUT2D eigenvalue weighted by Gasteiger charge is -2.25. The van der Waals surface area contributed by atoms with Gasteiger partial charge >= 0.3 is 0 Å². The van der Waals surface area contributed by atoms with Crippen LogP contribution in [0.4, 0.5) is 0 Å². The van der Waals surface area contributed by atoms with Gasteiger partial charge in [-0.3, -0.25) is 4.90 Å². The number of nitrogens with one attached hydrogen (secondary N) is 1. The van der Waals surface area contributed by atoms with E-state index >= 15 is 0 Å². The number of rotatable bonds is 2. The van der Waals surface area contributed by atoms with Crippen LogP contribution in [0.15, 0.2) is 4.42 Å². The van der Waals surface area contributed by atoms with E-state index in [1.807, 2.05) is 13.8 Å². The van der Waals surface area contributed by atoms with Crippen LogP contribution in [0.5, 0.6) is 0 Å². The summed E-state index contributed by atoms with van der Waals surface area (Å²) in [5.74, 6) is 1.79. The van der Waals surface area contributed by atoms with Crippen LogP contribution in [0.3, 0.4) is 0 Å². The van der Waals surface area contributed by atoms with Gasteiger partial charge in [-0.25, -0.2) is 4.98 Å². The first-order valence-electron chi connectivity index (χ1n) is 5.11. The van der Waals surface area contributed by atoms with Crippen LogP contribution in [-0.2, 0) is 6.54 Å². The molecule has 1 fully saturated rings. The predicted molar refractivity (Wildman–Crippen MR) is 54.1 cm³/mol. The van der Waals surface area contributed by atoms with Crippen LogP contribution >= 0.6 is 0 Å². The van der Waals surface area contributed by atoms with E-state index in [2.05, 4.69) is 15.2 Å². The molecule has 78 valence electrons. The minimum atomic E-state index is 0.844. The lowest BCUT2D eigenvalue weighted by Crippen LogP contribution is -2.42. The summed E-state index contributed by atoms with van der Waals surface area (Å²) in [5.41, 5.74) is 1.01. The van der Waals surface area contributed by atoms with Gasteiger partial charge in [-0.15, -0.1) is 0 Å². The third-order valence-electron chi connectivity index (χ3n) is 2.64. The van der Waals surface area contributed by atoms with Crippen LogP contribution in [0.2, 0.25) is 0 Å². The minimum absolute atomic E-state index is 0.844. The van der Waals surface area contributed by atoms with Crippen molar-refractivity contribution in [1.82, 2.24) is 15.2 Å². The first kappa shape index (κ1) is 9.68. The molecule has 0 unspecified atom stereocenters. The number of aromatic nitrogens is 1. The summed E-state index contributed by atoms with van der Waals surface area (Å²) < 4.78 is 5.54. The first-order valence-corrected chi connectivity index (χ1v) is 5.11. The molecular formula is C10H17N3O. The van der Waals surface area contributed by atoms with Crippen molar-refractivity contribution in [3.05, 3.63) is 17.3 Å². The fourth-order valence-electron chi connectivity index (χ4n) is 1.67. The van der Waals surface area contributed by atoms with E-state index < -0.39 is 0 Å². The smallest absolute Gasteiger partial charge is 0.208 e. The average Bonchev–Trinajstić information content (AvgIpc) is 2.47. The molecule has 0 spiro atoms. The van der Waals surface area contributed by atoms with Gasteiger partial charge in [0.25, 0.3) is 0 Å². The minimum Gasteiger partial charge on any atom is -0.444 e. The van der Waals surface area contributed by atoms with E-state index in [1.54, 1.807) is 0 Å². The van der Waals surface area contributed by atoms with Crippen molar-refractivity contribution in [2.24, 2.45) is 0 Å². The quantitative estimate of drug-likeness (QED) is 0.754. The molecule has 1 aromatic rings. The molecule has 4 nitrogen and oxygen atoms in total. The maximum absolute atomic E-state index is 5.54. The molecular weight excluding hydrogens is 178 g/mol. The average molecular weight is 195 g/mol. The highest BCUT2D eigenvalue weighted by Crippen LogP contribution is 2.10. The molecule has 1 aliphatic rings. The van der Waals surface area contributed by atoms with Crippen molar-refractivity contribution in [2.45, 2.75) is 20.4 Å². The summed E-state index contributed by atoms with van der Waals surface area (Å²) in [6, 6.07) is 0. The van der Waals surface area contributed by atoms with Crippen LogP contribution in [0, 0.1) is 13.8 Å². The van der Waals surface area contributed by atoms with Gasteiger partial charge < -0.3 is 9.73 Å². The summed E-state index contributed by atoms with van der Waals surface area (Å²) >= 11 is 0. The van der Waals surface area contributed by atoms with Crippen molar-refractivity contribution in [3.8, 4) is 0 Å².